The van der Waals surface area contributed by atoms with Gasteiger partial charge in [-0.1, -0.05) is 91.0 Å². The molecule has 0 unspecified atom stereocenters. The normalized spacial score (nSPS) is 16.4. The second kappa shape index (κ2) is 8.63. The van der Waals surface area contributed by atoms with Crippen molar-refractivity contribution in [2.45, 2.75) is 38.9 Å². The average molecular weight is 531 g/mol. The van der Waals surface area contributed by atoms with Gasteiger partial charge in [-0.15, -0.1) is 0 Å². The van der Waals surface area contributed by atoms with E-state index in [0.29, 0.717) is 0 Å². The first kappa shape index (κ1) is 24.5. The first-order chi connectivity index (χ1) is 19.9. The molecular weight excluding hydrogens is 501 g/mol. The summed E-state index contributed by atoms with van der Waals surface area (Å²) in [5.74, 6) is 0. The molecule has 41 heavy (non-hydrogen) atoms. The lowest BCUT2D eigenvalue weighted by Gasteiger charge is -2.32. The smallest absolute Gasteiger partial charge is 0.399 e. The topological polar surface area (TPSA) is 31.4 Å². The highest BCUT2D eigenvalue weighted by Gasteiger charge is 2.52. The van der Waals surface area contributed by atoms with E-state index in [9.17, 15) is 0 Å². The van der Waals surface area contributed by atoms with Crippen LogP contribution in [-0.4, -0.2) is 23.3 Å². The third-order valence-corrected chi connectivity index (χ3v) is 9.35. The summed E-state index contributed by atoms with van der Waals surface area (Å²) >= 11 is 0. The number of pyridine rings is 1. The van der Waals surface area contributed by atoms with Crippen LogP contribution in [0.4, 0.5) is 0 Å². The van der Waals surface area contributed by atoms with Crippen molar-refractivity contribution in [3.63, 3.8) is 0 Å². The summed E-state index contributed by atoms with van der Waals surface area (Å²) in [5, 5.41) is 4.80. The quantitative estimate of drug-likeness (QED) is 0.214. The van der Waals surface area contributed by atoms with Crippen molar-refractivity contribution in [2.24, 2.45) is 0 Å². The van der Waals surface area contributed by atoms with Crippen LogP contribution in [0, 0.1) is 0 Å². The number of nitrogens with zero attached hydrogens (tertiary/aromatic N) is 1. The lowest BCUT2D eigenvalue weighted by Crippen LogP contribution is -2.41. The Morgan fingerprint density at radius 1 is 0.537 bits per heavy atom. The Morgan fingerprint density at radius 3 is 1.76 bits per heavy atom. The van der Waals surface area contributed by atoms with Crippen molar-refractivity contribution >= 4 is 34.1 Å². The Labute approximate surface area is 240 Å². The van der Waals surface area contributed by atoms with Gasteiger partial charge in [-0.05, 0) is 99.9 Å². The Kier molecular flexibility index (Phi) is 5.16. The van der Waals surface area contributed by atoms with Gasteiger partial charge in [0.1, 0.15) is 0 Å². The molecule has 0 amide bonds. The number of fused-ring (bicyclic) bond motifs is 4. The first-order valence-corrected chi connectivity index (χ1v) is 14.3. The van der Waals surface area contributed by atoms with Crippen LogP contribution in [0.15, 0.2) is 109 Å². The maximum atomic E-state index is 6.55. The highest BCUT2D eigenvalue weighted by Crippen LogP contribution is 2.57. The van der Waals surface area contributed by atoms with Gasteiger partial charge in [-0.2, -0.15) is 0 Å². The van der Waals surface area contributed by atoms with Crippen LogP contribution in [-0.2, 0) is 9.31 Å². The monoisotopic (exact) mass is 531 g/mol. The van der Waals surface area contributed by atoms with Crippen LogP contribution in [0.5, 0.6) is 0 Å². The molecule has 4 heteroatoms. The summed E-state index contributed by atoms with van der Waals surface area (Å²) in [5.41, 5.74) is 10.2. The maximum absolute atomic E-state index is 6.55. The zero-order valence-corrected chi connectivity index (χ0v) is 23.7. The minimum absolute atomic E-state index is 0.408. The van der Waals surface area contributed by atoms with Gasteiger partial charge in [-0.3, -0.25) is 4.98 Å². The standard InChI is InChI=1S/C37H30BNO2/c1-36(2)37(3,4)41-38(40-36)30-19-18-28-33-26(30)16-11-17-27(33)34-32(24-14-9-6-10-15-24)29-22-39-21-20-25(29)31(35(28)34)23-12-7-5-8-13-23/h5-22H,1-4H3. The van der Waals surface area contributed by atoms with E-state index in [-0.39, 0.29) is 0 Å². The molecule has 0 atom stereocenters. The SMILES string of the molecule is CC1(C)OB(c2ccc3c4c(cccc24)-c2c-3c(-c3ccccc3)c3ccncc3c2-c2ccccc2)OC1(C)C. The summed E-state index contributed by atoms with van der Waals surface area (Å²) in [7, 11) is -0.432. The Bertz CT molecular complexity index is 1890. The number of hydrogen-bond acceptors (Lipinski definition) is 3. The van der Waals surface area contributed by atoms with Crippen LogP contribution in [0.3, 0.4) is 0 Å². The van der Waals surface area contributed by atoms with Gasteiger partial charge in [0.2, 0.25) is 0 Å². The molecule has 198 valence electrons. The summed E-state index contributed by atoms with van der Waals surface area (Å²) in [6.07, 6.45) is 3.94. The van der Waals surface area contributed by atoms with E-state index in [1.807, 2.05) is 12.4 Å². The van der Waals surface area contributed by atoms with Crippen molar-refractivity contribution in [3.05, 3.63) is 109 Å². The van der Waals surface area contributed by atoms with Gasteiger partial charge >= 0.3 is 7.12 Å². The van der Waals surface area contributed by atoms with E-state index in [4.69, 9.17) is 9.31 Å². The fourth-order valence-corrected chi connectivity index (χ4v) is 6.70. The molecule has 1 aromatic heterocycles. The number of aromatic nitrogens is 1. The van der Waals surface area contributed by atoms with Crippen LogP contribution in [0.2, 0.25) is 0 Å². The molecule has 0 bridgehead atoms. The summed E-state index contributed by atoms with van der Waals surface area (Å²) in [4.78, 5) is 4.62. The van der Waals surface area contributed by atoms with Crippen LogP contribution in [0.25, 0.3) is 66.1 Å². The molecule has 0 N–H and O–H groups in total. The minimum atomic E-state index is -0.432. The molecule has 5 aromatic carbocycles. The van der Waals surface area contributed by atoms with Gasteiger partial charge in [0.05, 0.1) is 11.2 Å². The molecule has 0 spiro atoms. The Balaban J connectivity index is 1.50. The largest absolute Gasteiger partial charge is 0.495 e. The summed E-state index contributed by atoms with van der Waals surface area (Å²) in [6.45, 7) is 8.45. The van der Waals surface area contributed by atoms with Gasteiger partial charge in [-0.25, -0.2) is 0 Å². The van der Waals surface area contributed by atoms with Crippen LogP contribution >= 0.6 is 0 Å². The van der Waals surface area contributed by atoms with Crippen molar-refractivity contribution in [1.82, 2.24) is 4.98 Å². The molecule has 1 aliphatic heterocycles. The highest BCUT2D eigenvalue weighted by atomic mass is 16.7. The van der Waals surface area contributed by atoms with E-state index < -0.39 is 18.3 Å². The maximum Gasteiger partial charge on any atom is 0.495 e. The number of benzene rings is 5. The number of rotatable bonds is 3. The second-order valence-corrected chi connectivity index (χ2v) is 12.2. The van der Waals surface area contributed by atoms with Crippen molar-refractivity contribution in [3.8, 4) is 44.5 Å². The lowest BCUT2D eigenvalue weighted by atomic mass is 9.75. The van der Waals surface area contributed by atoms with E-state index in [2.05, 4.69) is 130 Å². The van der Waals surface area contributed by atoms with E-state index >= 15 is 0 Å². The molecule has 1 saturated heterocycles. The Morgan fingerprint density at radius 2 is 1.12 bits per heavy atom. The molecule has 0 radical (unpaired) electrons. The van der Waals surface area contributed by atoms with E-state index in [1.54, 1.807) is 0 Å². The molecule has 2 aliphatic rings. The molecule has 3 nitrogen and oxygen atoms in total. The van der Waals surface area contributed by atoms with E-state index in [0.717, 1.165) is 10.8 Å². The predicted octanol–water partition coefficient (Wildman–Crippen LogP) is 8.67. The zero-order chi connectivity index (χ0) is 27.9. The molecule has 1 fully saturated rings. The minimum Gasteiger partial charge on any atom is -0.399 e. The lowest BCUT2D eigenvalue weighted by molar-refractivity contribution is 0.00578. The Hall–Kier alpha value is -4.25. The second-order valence-electron chi connectivity index (χ2n) is 12.2. The van der Waals surface area contributed by atoms with Crippen molar-refractivity contribution in [2.75, 3.05) is 0 Å². The molecular formula is C37H30BNO2. The zero-order valence-electron chi connectivity index (χ0n) is 23.7. The van der Waals surface area contributed by atoms with Crippen molar-refractivity contribution in [1.29, 1.82) is 0 Å². The van der Waals surface area contributed by atoms with Crippen LogP contribution < -0.4 is 5.46 Å². The summed E-state index contributed by atoms with van der Waals surface area (Å²) < 4.78 is 13.1. The molecule has 1 aliphatic carbocycles. The number of hydrogen-bond donors (Lipinski definition) is 0. The fourth-order valence-electron chi connectivity index (χ4n) is 6.70. The first-order valence-electron chi connectivity index (χ1n) is 14.3. The van der Waals surface area contributed by atoms with Crippen molar-refractivity contribution < 1.29 is 9.31 Å². The third kappa shape index (κ3) is 3.44. The average Bonchev–Trinajstić information content (AvgIpc) is 3.43. The van der Waals surface area contributed by atoms with Crippen LogP contribution in [0.1, 0.15) is 27.7 Å². The van der Waals surface area contributed by atoms with Gasteiger partial charge in [0.15, 0.2) is 0 Å². The van der Waals surface area contributed by atoms with Gasteiger partial charge in [0, 0.05) is 17.8 Å². The molecule has 8 rings (SSSR count). The fraction of sp³-hybridized carbons (Fsp3) is 0.162. The highest BCUT2D eigenvalue weighted by molar-refractivity contribution is 6.65. The molecule has 2 heterocycles. The molecule has 0 saturated carbocycles. The van der Waals surface area contributed by atoms with E-state index in [1.165, 1.54) is 60.7 Å². The molecule has 6 aromatic rings. The van der Waals surface area contributed by atoms with Gasteiger partial charge < -0.3 is 9.31 Å². The summed E-state index contributed by atoms with van der Waals surface area (Å²) in [6, 6.07) is 34.8. The predicted molar refractivity (Wildman–Crippen MR) is 170 cm³/mol. The third-order valence-electron chi connectivity index (χ3n) is 9.35. The van der Waals surface area contributed by atoms with Gasteiger partial charge in [0.25, 0.3) is 0 Å².